The number of carbonyl (C=O) groups excluding carboxylic acids is 2. The zero-order valence-corrected chi connectivity index (χ0v) is 13.9. The van der Waals surface area contributed by atoms with Gasteiger partial charge in [-0.25, -0.2) is 0 Å². The lowest BCUT2D eigenvalue weighted by Crippen LogP contribution is -2.30. The van der Waals surface area contributed by atoms with Crippen molar-refractivity contribution in [3.05, 3.63) is 46.5 Å². The molecule has 1 spiro atoms. The summed E-state index contributed by atoms with van der Waals surface area (Å²) in [5, 5.41) is 5.31. The molecule has 1 heterocycles. The summed E-state index contributed by atoms with van der Waals surface area (Å²) in [4.78, 5) is 25.5. The Balaban J connectivity index is 1.43. The Morgan fingerprint density at radius 2 is 1.61 bits per heavy atom. The summed E-state index contributed by atoms with van der Waals surface area (Å²) in [7, 11) is 0. The van der Waals surface area contributed by atoms with Gasteiger partial charge in [0, 0.05) is 4.47 Å². The summed E-state index contributed by atoms with van der Waals surface area (Å²) in [5.41, 5.74) is 1.10. The summed E-state index contributed by atoms with van der Waals surface area (Å²) in [6, 6.07) is 7.60. The number of amides is 2. The van der Waals surface area contributed by atoms with Crippen LogP contribution in [0.25, 0.3) is 0 Å². The highest BCUT2D eigenvalue weighted by atomic mass is 79.9. The Morgan fingerprint density at radius 1 is 1.04 bits per heavy atom. The zero-order chi connectivity index (χ0) is 15.8. The summed E-state index contributed by atoms with van der Waals surface area (Å²) < 4.78 is 0.981. The van der Waals surface area contributed by atoms with Crippen molar-refractivity contribution in [1.82, 2.24) is 5.01 Å². The lowest BCUT2D eigenvalue weighted by Gasteiger charge is -2.18. The lowest BCUT2D eigenvalue weighted by atomic mass is 9.85. The Morgan fingerprint density at radius 3 is 2.13 bits per heavy atom. The Labute approximate surface area is 142 Å². The molecule has 2 bridgehead atoms. The van der Waals surface area contributed by atoms with Crippen molar-refractivity contribution in [3.8, 4) is 0 Å². The van der Waals surface area contributed by atoms with Crippen LogP contribution in [0, 0.1) is 29.1 Å². The second-order valence-corrected chi connectivity index (χ2v) is 7.92. The van der Waals surface area contributed by atoms with Gasteiger partial charge in [0.2, 0.25) is 0 Å². The van der Waals surface area contributed by atoms with Crippen LogP contribution in [-0.4, -0.2) is 23.0 Å². The predicted molar refractivity (Wildman–Crippen MR) is 88.4 cm³/mol. The van der Waals surface area contributed by atoms with Crippen molar-refractivity contribution in [1.29, 1.82) is 0 Å². The van der Waals surface area contributed by atoms with Gasteiger partial charge in [0.1, 0.15) is 0 Å². The third-order valence-corrected chi connectivity index (χ3v) is 6.55. The fourth-order valence-corrected chi connectivity index (χ4v) is 5.11. The van der Waals surface area contributed by atoms with Crippen molar-refractivity contribution in [3.63, 3.8) is 0 Å². The minimum Gasteiger partial charge on any atom is -0.272 e. The quantitative estimate of drug-likeness (QED) is 0.456. The first-order chi connectivity index (χ1) is 11.1. The van der Waals surface area contributed by atoms with Crippen LogP contribution in [0.1, 0.15) is 18.4 Å². The van der Waals surface area contributed by atoms with Crippen molar-refractivity contribution >= 4 is 34.0 Å². The maximum atomic E-state index is 12.7. The molecular weight excluding hydrogens is 356 g/mol. The molecule has 5 heteroatoms. The van der Waals surface area contributed by atoms with Gasteiger partial charge in [-0.1, -0.05) is 40.2 Å². The molecule has 1 saturated heterocycles. The molecule has 5 rings (SSSR count). The average Bonchev–Trinajstić information content (AvgIpc) is 3.15. The smallest absolute Gasteiger partial charge is 0.254 e. The van der Waals surface area contributed by atoms with E-state index in [2.05, 4.69) is 33.2 Å². The molecule has 23 heavy (non-hydrogen) atoms. The number of hydrogen-bond donors (Lipinski definition) is 0. The molecule has 0 unspecified atom stereocenters. The molecule has 2 saturated carbocycles. The number of benzene rings is 1. The van der Waals surface area contributed by atoms with Gasteiger partial charge in [0.15, 0.2) is 0 Å². The summed E-state index contributed by atoms with van der Waals surface area (Å²) in [5.74, 6) is -0.0826. The first kappa shape index (κ1) is 13.7. The maximum Gasteiger partial charge on any atom is 0.254 e. The molecular formula is C18H15BrN2O2. The Hall–Kier alpha value is -1.75. The highest BCUT2D eigenvalue weighted by molar-refractivity contribution is 9.10. The van der Waals surface area contributed by atoms with Crippen LogP contribution in [0.5, 0.6) is 0 Å². The molecule has 1 aliphatic heterocycles. The molecule has 4 nitrogen and oxygen atoms in total. The van der Waals surface area contributed by atoms with Gasteiger partial charge in [-0.2, -0.15) is 10.1 Å². The number of hydrazone groups is 1. The van der Waals surface area contributed by atoms with Crippen LogP contribution in [0.4, 0.5) is 0 Å². The van der Waals surface area contributed by atoms with Crippen LogP contribution >= 0.6 is 15.9 Å². The van der Waals surface area contributed by atoms with E-state index in [1.54, 1.807) is 6.21 Å². The van der Waals surface area contributed by atoms with Gasteiger partial charge in [-0.15, -0.1) is 0 Å². The molecule has 4 aliphatic rings. The number of hydrogen-bond acceptors (Lipinski definition) is 3. The third-order valence-electron chi connectivity index (χ3n) is 6.02. The van der Waals surface area contributed by atoms with E-state index in [0.29, 0.717) is 0 Å². The summed E-state index contributed by atoms with van der Waals surface area (Å²) >= 11 is 3.38. The fourth-order valence-electron chi connectivity index (χ4n) is 4.85. The van der Waals surface area contributed by atoms with Crippen molar-refractivity contribution in [2.45, 2.75) is 12.8 Å². The monoisotopic (exact) mass is 370 g/mol. The molecule has 0 N–H and O–H groups in total. The van der Waals surface area contributed by atoms with Crippen LogP contribution in [-0.2, 0) is 9.59 Å². The van der Waals surface area contributed by atoms with Crippen LogP contribution in [0.2, 0.25) is 0 Å². The molecule has 4 atom stereocenters. The van der Waals surface area contributed by atoms with E-state index >= 15 is 0 Å². The average molecular weight is 371 g/mol. The van der Waals surface area contributed by atoms with E-state index in [1.807, 2.05) is 24.3 Å². The standard InChI is InChI=1S/C18H15BrN2O2/c19-11-3-1-10(2-4-11)9-20-21-16(22)14-12-5-6-13(15(14)17(21)23)18(12)7-8-18/h1-6,9,12-15H,7-8H2/b20-9-/t12-,13+,14+,15-. The third kappa shape index (κ3) is 1.69. The number of imide groups is 1. The molecule has 2 amide bonds. The molecule has 0 radical (unpaired) electrons. The number of rotatable bonds is 2. The molecule has 3 aliphatic carbocycles. The van der Waals surface area contributed by atoms with Crippen molar-refractivity contribution in [2.75, 3.05) is 0 Å². The molecule has 1 aromatic carbocycles. The van der Waals surface area contributed by atoms with Crippen LogP contribution in [0.15, 0.2) is 46.0 Å². The SMILES string of the molecule is O=C1[C@@H]2[C@H](C(=O)N1/N=C\c1ccc(Br)cc1)[C@@H]1C=C[C@H]2C12CC2. The highest BCUT2D eigenvalue weighted by Gasteiger charge is 2.73. The second kappa shape index (κ2) is 4.41. The highest BCUT2D eigenvalue weighted by Crippen LogP contribution is 2.73. The van der Waals surface area contributed by atoms with Gasteiger partial charge in [-0.3, -0.25) is 9.59 Å². The summed E-state index contributed by atoms with van der Waals surface area (Å²) in [6.45, 7) is 0. The molecule has 1 aromatic rings. The Kier molecular flexibility index (Phi) is 2.62. The van der Waals surface area contributed by atoms with Gasteiger partial charge < -0.3 is 0 Å². The molecule has 0 aromatic heterocycles. The number of nitrogens with zero attached hydrogens (tertiary/aromatic N) is 2. The first-order valence-corrected chi connectivity index (χ1v) is 8.77. The number of fused-ring (bicyclic) bond motifs is 3. The second-order valence-electron chi connectivity index (χ2n) is 7.01. The van der Waals surface area contributed by atoms with Crippen molar-refractivity contribution < 1.29 is 9.59 Å². The van der Waals surface area contributed by atoms with Crippen LogP contribution < -0.4 is 0 Å². The maximum absolute atomic E-state index is 12.7. The van der Waals surface area contributed by atoms with Crippen molar-refractivity contribution in [2.24, 2.45) is 34.2 Å². The van der Waals surface area contributed by atoms with Gasteiger partial charge in [-0.05, 0) is 47.8 Å². The predicted octanol–water partition coefficient (Wildman–Crippen LogP) is 2.98. The lowest BCUT2D eigenvalue weighted by molar-refractivity contribution is -0.141. The van der Waals surface area contributed by atoms with E-state index in [1.165, 1.54) is 0 Å². The first-order valence-electron chi connectivity index (χ1n) is 7.97. The molecule has 116 valence electrons. The van der Waals surface area contributed by atoms with E-state index in [0.717, 1.165) is 27.9 Å². The topological polar surface area (TPSA) is 49.7 Å². The number of carbonyl (C=O) groups is 2. The largest absolute Gasteiger partial charge is 0.272 e. The summed E-state index contributed by atoms with van der Waals surface area (Å²) in [6.07, 6.45) is 8.25. The van der Waals surface area contributed by atoms with Gasteiger partial charge >= 0.3 is 0 Å². The van der Waals surface area contributed by atoms with Gasteiger partial charge in [0.25, 0.3) is 11.8 Å². The number of halogens is 1. The van der Waals surface area contributed by atoms with E-state index in [4.69, 9.17) is 0 Å². The van der Waals surface area contributed by atoms with E-state index < -0.39 is 0 Å². The van der Waals surface area contributed by atoms with E-state index in [9.17, 15) is 9.59 Å². The minimum absolute atomic E-state index is 0.114. The molecule has 3 fully saturated rings. The fraction of sp³-hybridized carbons (Fsp3) is 0.389. The van der Waals surface area contributed by atoms with Crippen LogP contribution in [0.3, 0.4) is 0 Å². The normalized spacial score (nSPS) is 35.8. The Bertz CT molecular complexity index is 745. The van der Waals surface area contributed by atoms with E-state index in [-0.39, 0.29) is 40.9 Å². The number of allylic oxidation sites excluding steroid dienone is 2. The minimum atomic E-state index is -0.179. The van der Waals surface area contributed by atoms with Gasteiger partial charge in [0.05, 0.1) is 18.1 Å². The zero-order valence-electron chi connectivity index (χ0n) is 12.4.